The first-order valence-corrected chi connectivity index (χ1v) is 7.21. The SMILES string of the molecule is CC(C)(C)OC(=O)Nc1ccc(OC(=O)c2ccccc2)cc1. The molecule has 0 radical (unpaired) electrons. The van der Waals surface area contributed by atoms with Gasteiger partial charge >= 0.3 is 12.1 Å². The summed E-state index contributed by atoms with van der Waals surface area (Å²) < 4.78 is 10.4. The minimum Gasteiger partial charge on any atom is -0.444 e. The lowest BCUT2D eigenvalue weighted by atomic mass is 10.2. The number of esters is 1. The van der Waals surface area contributed by atoms with Crippen molar-refractivity contribution in [3.63, 3.8) is 0 Å². The monoisotopic (exact) mass is 313 g/mol. The Bertz CT molecular complexity index is 672. The van der Waals surface area contributed by atoms with Crippen LogP contribution in [-0.4, -0.2) is 17.7 Å². The molecule has 0 aliphatic carbocycles. The molecule has 5 nitrogen and oxygen atoms in total. The number of benzene rings is 2. The van der Waals surface area contributed by atoms with Crippen molar-refractivity contribution in [2.45, 2.75) is 26.4 Å². The van der Waals surface area contributed by atoms with E-state index in [4.69, 9.17) is 9.47 Å². The number of nitrogens with one attached hydrogen (secondary N) is 1. The number of anilines is 1. The highest BCUT2D eigenvalue weighted by atomic mass is 16.6. The van der Waals surface area contributed by atoms with E-state index in [1.54, 1.807) is 69.3 Å². The lowest BCUT2D eigenvalue weighted by molar-refractivity contribution is 0.0634. The van der Waals surface area contributed by atoms with Gasteiger partial charge in [-0.15, -0.1) is 0 Å². The van der Waals surface area contributed by atoms with Crippen LogP contribution in [0.5, 0.6) is 5.75 Å². The third-order valence-electron chi connectivity index (χ3n) is 2.72. The standard InChI is InChI=1S/C18H19NO4/c1-18(2,3)23-17(21)19-14-9-11-15(12-10-14)22-16(20)13-7-5-4-6-8-13/h4-12H,1-3H3,(H,19,21). The first kappa shape index (κ1) is 16.5. The average molecular weight is 313 g/mol. The summed E-state index contributed by atoms with van der Waals surface area (Å²) in [6.07, 6.45) is -0.536. The third-order valence-corrected chi connectivity index (χ3v) is 2.72. The van der Waals surface area contributed by atoms with E-state index in [0.717, 1.165) is 0 Å². The molecule has 2 aromatic carbocycles. The number of carbonyl (C=O) groups is 2. The van der Waals surface area contributed by atoms with Gasteiger partial charge in [0.25, 0.3) is 0 Å². The van der Waals surface area contributed by atoms with Crippen LogP contribution in [0.4, 0.5) is 10.5 Å². The van der Waals surface area contributed by atoms with Crippen LogP contribution in [0.2, 0.25) is 0 Å². The van der Waals surface area contributed by atoms with Crippen molar-refractivity contribution in [1.82, 2.24) is 0 Å². The second-order valence-electron chi connectivity index (χ2n) is 5.91. The van der Waals surface area contributed by atoms with Crippen molar-refractivity contribution in [2.24, 2.45) is 0 Å². The van der Waals surface area contributed by atoms with Gasteiger partial charge in [-0.3, -0.25) is 5.32 Å². The van der Waals surface area contributed by atoms with E-state index in [1.807, 2.05) is 6.07 Å². The molecule has 2 aromatic rings. The first-order chi connectivity index (χ1) is 10.8. The molecule has 0 aromatic heterocycles. The van der Waals surface area contributed by atoms with E-state index >= 15 is 0 Å². The van der Waals surface area contributed by atoms with Crippen LogP contribution in [0.3, 0.4) is 0 Å². The molecule has 0 saturated carbocycles. The normalized spacial score (nSPS) is 10.7. The van der Waals surface area contributed by atoms with Gasteiger partial charge in [0.1, 0.15) is 11.4 Å². The molecule has 0 heterocycles. The molecule has 0 unspecified atom stereocenters. The van der Waals surface area contributed by atoms with Crippen LogP contribution >= 0.6 is 0 Å². The van der Waals surface area contributed by atoms with Crippen LogP contribution in [0, 0.1) is 0 Å². The minimum absolute atomic E-state index is 0.397. The molecule has 0 atom stereocenters. The summed E-state index contributed by atoms with van der Waals surface area (Å²) in [5, 5.41) is 2.61. The Labute approximate surface area is 135 Å². The van der Waals surface area contributed by atoms with E-state index in [1.165, 1.54) is 0 Å². The van der Waals surface area contributed by atoms with Gasteiger partial charge in [0.05, 0.1) is 5.56 Å². The van der Waals surface area contributed by atoms with Gasteiger partial charge in [0.2, 0.25) is 0 Å². The summed E-state index contributed by atoms with van der Waals surface area (Å²) in [6.45, 7) is 5.37. The van der Waals surface area contributed by atoms with Crippen molar-refractivity contribution >= 4 is 17.7 Å². The predicted octanol–water partition coefficient (Wildman–Crippen LogP) is 4.25. The molecule has 0 aliphatic rings. The van der Waals surface area contributed by atoms with Crippen molar-refractivity contribution in [1.29, 1.82) is 0 Å². The molecule has 0 saturated heterocycles. The fraction of sp³-hybridized carbons (Fsp3) is 0.222. The Morgan fingerprint density at radius 2 is 1.52 bits per heavy atom. The Hall–Kier alpha value is -2.82. The zero-order chi connectivity index (χ0) is 16.9. The number of hydrogen-bond acceptors (Lipinski definition) is 4. The molecular weight excluding hydrogens is 294 g/mol. The molecule has 0 bridgehead atoms. The second kappa shape index (κ2) is 6.96. The Morgan fingerprint density at radius 1 is 0.913 bits per heavy atom. The van der Waals surface area contributed by atoms with Crippen molar-refractivity contribution < 1.29 is 19.1 Å². The molecule has 0 spiro atoms. The highest BCUT2D eigenvalue weighted by Gasteiger charge is 2.16. The maximum Gasteiger partial charge on any atom is 0.412 e. The van der Waals surface area contributed by atoms with Gasteiger partial charge in [-0.1, -0.05) is 18.2 Å². The maximum absolute atomic E-state index is 11.9. The Morgan fingerprint density at radius 3 is 2.09 bits per heavy atom. The van der Waals surface area contributed by atoms with Gasteiger partial charge in [0, 0.05) is 5.69 Å². The van der Waals surface area contributed by atoms with Crippen molar-refractivity contribution in [2.75, 3.05) is 5.32 Å². The fourth-order valence-electron chi connectivity index (χ4n) is 1.77. The zero-order valence-corrected chi connectivity index (χ0v) is 13.3. The first-order valence-electron chi connectivity index (χ1n) is 7.21. The average Bonchev–Trinajstić information content (AvgIpc) is 2.48. The highest BCUT2D eigenvalue weighted by molar-refractivity contribution is 5.91. The Kier molecular flexibility index (Phi) is 5.01. The van der Waals surface area contributed by atoms with Gasteiger partial charge in [-0.25, -0.2) is 9.59 Å². The number of ether oxygens (including phenoxy) is 2. The largest absolute Gasteiger partial charge is 0.444 e. The topological polar surface area (TPSA) is 64.6 Å². The fourth-order valence-corrected chi connectivity index (χ4v) is 1.77. The summed E-state index contributed by atoms with van der Waals surface area (Å²) in [5.74, 6) is -0.0351. The van der Waals surface area contributed by atoms with Gasteiger partial charge < -0.3 is 9.47 Å². The molecular formula is C18H19NO4. The summed E-state index contributed by atoms with van der Waals surface area (Å²) in [4.78, 5) is 23.6. The number of carbonyl (C=O) groups excluding carboxylic acids is 2. The molecule has 1 amide bonds. The summed E-state index contributed by atoms with van der Waals surface area (Å²) >= 11 is 0. The molecule has 0 fully saturated rings. The molecule has 2 rings (SSSR count). The predicted molar refractivity (Wildman–Crippen MR) is 87.7 cm³/mol. The van der Waals surface area contributed by atoms with Gasteiger partial charge in [-0.05, 0) is 57.2 Å². The highest BCUT2D eigenvalue weighted by Crippen LogP contribution is 2.18. The molecule has 5 heteroatoms. The number of rotatable bonds is 3. The van der Waals surface area contributed by atoms with E-state index in [0.29, 0.717) is 17.0 Å². The van der Waals surface area contributed by atoms with E-state index in [-0.39, 0.29) is 0 Å². The molecule has 1 N–H and O–H groups in total. The summed E-state index contributed by atoms with van der Waals surface area (Å²) in [6, 6.07) is 15.2. The molecule has 120 valence electrons. The molecule has 0 aliphatic heterocycles. The third kappa shape index (κ3) is 5.47. The number of amides is 1. The summed E-state index contributed by atoms with van der Waals surface area (Å²) in [5.41, 5.74) is 0.470. The lowest BCUT2D eigenvalue weighted by Crippen LogP contribution is -2.27. The maximum atomic E-state index is 11.9. The van der Waals surface area contributed by atoms with Crippen LogP contribution < -0.4 is 10.1 Å². The van der Waals surface area contributed by atoms with E-state index < -0.39 is 17.7 Å². The lowest BCUT2D eigenvalue weighted by Gasteiger charge is -2.19. The van der Waals surface area contributed by atoms with Crippen molar-refractivity contribution in [3.05, 3.63) is 60.2 Å². The molecule has 23 heavy (non-hydrogen) atoms. The van der Waals surface area contributed by atoms with Crippen LogP contribution in [0.15, 0.2) is 54.6 Å². The minimum atomic E-state index is -0.560. The van der Waals surface area contributed by atoms with E-state index in [9.17, 15) is 9.59 Å². The van der Waals surface area contributed by atoms with Gasteiger partial charge in [-0.2, -0.15) is 0 Å². The van der Waals surface area contributed by atoms with Crippen molar-refractivity contribution in [3.8, 4) is 5.75 Å². The number of hydrogen-bond donors (Lipinski definition) is 1. The Balaban J connectivity index is 1.95. The van der Waals surface area contributed by atoms with Crippen LogP contribution in [-0.2, 0) is 4.74 Å². The van der Waals surface area contributed by atoms with Crippen LogP contribution in [0.25, 0.3) is 0 Å². The quantitative estimate of drug-likeness (QED) is 0.679. The zero-order valence-electron chi connectivity index (χ0n) is 13.3. The summed E-state index contributed by atoms with van der Waals surface area (Å²) in [7, 11) is 0. The van der Waals surface area contributed by atoms with Crippen LogP contribution in [0.1, 0.15) is 31.1 Å². The smallest absolute Gasteiger partial charge is 0.412 e. The second-order valence-corrected chi connectivity index (χ2v) is 5.91. The van der Waals surface area contributed by atoms with Gasteiger partial charge in [0.15, 0.2) is 0 Å². The van der Waals surface area contributed by atoms with E-state index in [2.05, 4.69) is 5.32 Å².